The van der Waals surface area contributed by atoms with Crippen molar-refractivity contribution in [2.45, 2.75) is 155 Å². The van der Waals surface area contributed by atoms with Crippen LogP contribution in [0.5, 0.6) is 0 Å². The number of benzene rings is 1. The predicted octanol–water partition coefficient (Wildman–Crippen LogP) is 2.16. The Morgan fingerprint density at radius 1 is 0.606 bits per heavy atom. The lowest BCUT2D eigenvalue weighted by Crippen LogP contribution is -2.51. The second-order valence-electron chi connectivity index (χ2n) is 17.5. The minimum Gasteiger partial charge on any atom is -0.481 e. The van der Waals surface area contributed by atoms with Crippen LogP contribution in [0, 0.1) is 11.8 Å². The first kappa shape index (κ1) is 57.3. The molecule has 1 aromatic carbocycles. The summed E-state index contributed by atoms with van der Waals surface area (Å²) >= 11 is 0. The lowest BCUT2D eigenvalue weighted by atomic mass is 9.89. The van der Waals surface area contributed by atoms with E-state index in [9.17, 15) is 67.7 Å². The molecule has 366 valence electrons. The maximum Gasteiger partial charge on any atom is 0.329 e. The van der Waals surface area contributed by atoms with Crippen LogP contribution in [0.25, 0.3) is 0 Å². The summed E-state index contributed by atoms with van der Waals surface area (Å²) in [5.41, 5.74) is -1.56. The molecule has 0 aliphatic carbocycles. The minimum absolute atomic E-state index is 0.0157. The molecule has 1 rings (SSSR count). The smallest absolute Gasteiger partial charge is 0.329 e. The molecule has 0 spiro atoms. The predicted molar refractivity (Wildman–Crippen MR) is 229 cm³/mol. The number of nitrogens with one attached hydrogen (secondary N) is 4. The molecule has 22 heteroatoms. The normalized spacial score (nSPS) is 14.0. The summed E-state index contributed by atoms with van der Waals surface area (Å²) in [7, 11) is 0. The van der Waals surface area contributed by atoms with Gasteiger partial charge < -0.3 is 50.8 Å². The van der Waals surface area contributed by atoms with E-state index in [-0.39, 0.29) is 19.3 Å². The number of urea groups is 1. The van der Waals surface area contributed by atoms with E-state index in [1.54, 1.807) is 71.9 Å². The van der Waals surface area contributed by atoms with E-state index in [1.807, 2.05) is 0 Å². The van der Waals surface area contributed by atoms with E-state index in [1.165, 1.54) is 0 Å². The number of carboxylic acid groups (broad SMARTS) is 3. The van der Waals surface area contributed by atoms with Crippen LogP contribution >= 0.6 is 0 Å². The average molecular weight is 935 g/mol. The Morgan fingerprint density at radius 3 is 1.64 bits per heavy atom. The Labute approximate surface area is 381 Å². The zero-order valence-corrected chi connectivity index (χ0v) is 38.2. The molecular formula is C44H62N4O18. The van der Waals surface area contributed by atoms with Crippen LogP contribution < -0.4 is 21.3 Å². The summed E-state index contributed by atoms with van der Waals surface area (Å²) in [4.78, 5) is 150. The quantitative estimate of drug-likeness (QED) is 0.0251. The Bertz CT molecular complexity index is 1910. The van der Waals surface area contributed by atoms with Crippen LogP contribution in [0.3, 0.4) is 0 Å². The second kappa shape index (κ2) is 27.6. The highest BCUT2D eigenvalue weighted by Gasteiger charge is 2.34. The maximum absolute atomic E-state index is 13.6. The Morgan fingerprint density at radius 2 is 1.14 bits per heavy atom. The Hall–Kier alpha value is -6.74. The number of hydrogen-bond acceptors (Lipinski definition) is 15. The van der Waals surface area contributed by atoms with Gasteiger partial charge in [-0.1, -0.05) is 30.3 Å². The molecule has 66 heavy (non-hydrogen) atoms. The molecule has 0 unspecified atom stereocenters. The van der Waals surface area contributed by atoms with Crippen LogP contribution in [-0.2, 0) is 73.4 Å². The van der Waals surface area contributed by atoms with Gasteiger partial charge in [0, 0.05) is 38.0 Å². The van der Waals surface area contributed by atoms with Gasteiger partial charge in [-0.25, -0.2) is 14.4 Å². The minimum atomic E-state index is -1.54. The molecule has 0 bridgehead atoms. The van der Waals surface area contributed by atoms with Crippen molar-refractivity contribution in [3.05, 3.63) is 35.9 Å². The highest BCUT2D eigenvalue weighted by molar-refractivity contribution is 5.96. The lowest BCUT2D eigenvalue weighted by Gasteiger charge is -2.26. The molecule has 6 atom stereocenters. The molecule has 7 N–H and O–H groups in total. The van der Waals surface area contributed by atoms with E-state index in [0.717, 1.165) is 6.92 Å². The number of carbonyl (C=O) groups is 12. The summed E-state index contributed by atoms with van der Waals surface area (Å²) in [6, 6.07) is 2.91. The molecule has 1 aromatic rings. The van der Waals surface area contributed by atoms with Gasteiger partial charge in [0.05, 0.1) is 31.2 Å². The van der Waals surface area contributed by atoms with Crippen LogP contribution in [-0.4, -0.2) is 122 Å². The Balaban J connectivity index is 3.26. The fourth-order valence-corrected chi connectivity index (χ4v) is 6.12. The van der Waals surface area contributed by atoms with Crippen molar-refractivity contribution < 1.29 is 87.1 Å². The SMILES string of the molecule is CC(=O)[C@H](CC(=O)O)CC(=O)[C@H](Cc1ccccc1)NC(=O)[C@H](CC(=O)O)CC(=O)CC[C@H](NC(=O)CC[C@H](NC(=O)N[C@@H](CCC(=O)O)OC=O)C(=O)OC(C)(C)C)C(=O)OC(C)(C)C. The number of carbonyl (C=O) groups excluding carboxylic acids is 9. The van der Waals surface area contributed by atoms with Gasteiger partial charge in [0.2, 0.25) is 11.8 Å². The molecule has 0 aliphatic rings. The third-order valence-electron chi connectivity index (χ3n) is 9.22. The lowest BCUT2D eigenvalue weighted by molar-refractivity contribution is -0.160. The number of rotatable bonds is 30. The number of hydrogen-bond donors (Lipinski definition) is 7. The van der Waals surface area contributed by atoms with Crippen molar-refractivity contribution in [1.29, 1.82) is 0 Å². The number of ether oxygens (including phenoxy) is 3. The largest absolute Gasteiger partial charge is 0.481 e. The van der Waals surface area contributed by atoms with Crippen LogP contribution in [0.2, 0.25) is 0 Å². The van der Waals surface area contributed by atoms with Crippen molar-refractivity contribution in [1.82, 2.24) is 21.3 Å². The molecule has 0 aromatic heterocycles. The molecule has 0 aliphatic heterocycles. The van der Waals surface area contributed by atoms with Gasteiger partial charge in [0.15, 0.2) is 12.0 Å². The third kappa shape index (κ3) is 24.9. The monoisotopic (exact) mass is 934 g/mol. The fourth-order valence-electron chi connectivity index (χ4n) is 6.12. The standard InChI is InChI=1S/C44H62N4O18/c1-25(50)27(22-37(56)57)21-33(52)32(19-26-11-9-8-10-12-26)46-39(60)28(23-38(58)59)20-29(51)13-14-30(40(61)65-43(2,3)4)45-34(53)16-15-31(41(62)66-44(5,6)7)47-42(63)48-35(64-24-49)17-18-36(54)55/h8-12,24,27-28,30-32,35H,13-23H2,1-7H3,(H,45,53)(H,46,60)(H,54,55)(H,56,57)(H,58,59)(H2,47,48,63)/t27-,28-,30-,31-,32-,35+/m0/s1. The van der Waals surface area contributed by atoms with E-state index >= 15 is 0 Å². The highest BCUT2D eigenvalue weighted by Crippen LogP contribution is 2.19. The topological polar surface area (TPSA) is 341 Å². The molecule has 22 nitrogen and oxygen atoms in total. The van der Waals surface area contributed by atoms with Crippen molar-refractivity contribution in [3.63, 3.8) is 0 Å². The Kier molecular flexibility index (Phi) is 23.9. The number of aliphatic carboxylic acids is 3. The second-order valence-corrected chi connectivity index (χ2v) is 17.5. The molecule has 0 radical (unpaired) electrons. The molecular weight excluding hydrogens is 872 g/mol. The molecule has 0 saturated heterocycles. The summed E-state index contributed by atoms with van der Waals surface area (Å²) < 4.78 is 15.5. The third-order valence-corrected chi connectivity index (χ3v) is 9.22. The van der Waals surface area contributed by atoms with Gasteiger partial charge in [-0.2, -0.15) is 0 Å². The first-order valence-corrected chi connectivity index (χ1v) is 21.0. The van der Waals surface area contributed by atoms with Crippen molar-refractivity contribution in [2.75, 3.05) is 0 Å². The van der Waals surface area contributed by atoms with Crippen LogP contribution in [0.15, 0.2) is 30.3 Å². The first-order chi connectivity index (χ1) is 30.6. The zero-order valence-electron chi connectivity index (χ0n) is 38.2. The van der Waals surface area contributed by atoms with E-state index in [2.05, 4.69) is 21.3 Å². The maximum atomic E-state index is 13.6. The molecule has 0 heterocycles. The van der Waals surface area contributed by atoms with Gasteiger partial charge in [-0.15, -0.1) is 0 Å². The van der Waals surface area contributed by atoms with Crippen molar-refractivity contribution in [2.24, 2.45) is 11.8 Å². The van der Waals surface area contributed by atoms with Crippen molar-refractivity contribution >= 4 is 71.5 Å². The van der Waals surface area contributed by atoms with Gasteiger partial charge in [0.25, 0.3) is 6.47 Å². The summed E-state index contributed by atoms with van der Waals surface area (Å²) in [5.74, 6) is -12.6. The molecule has 0 saturated carbocycles. The average Bonchev–Trinajstić information content (AvgIpc) is 3.17. The van der Waals surface area contributed by atoms with E-state index < -0.39 is 170 Å². The van der Waals surface area contributed by atoms with Crippen LogP contribution in [0.1, 0.15) is 118 Å². The van der Waals surface area contributed by atoms with E-state index in [4.69, 9.17) is 19.3 Å². The van der Waals surface area contributed by atoms with Crippen LogP contribution in [0.4, 0.5) is 4.79 Å². The summed E-state index contributed by atoms with van der Waals surface area (Å²) in [5, 5.41) is 37.3. The number of amides is 4. The number of ketones is 3. The van der Waals surface area contributed by atoms with E-state index in [0.29, 0.717) is 5.56 Å². The summed E-state index contributed by atoms with van der Waals surface area (Å²) in [6.45, 7) is 10.4. The van der Waals surface area contributed by atoms with Gasteiger partial charge in [-0.05, 0) is 73.3 Å². The molecule has 0 fully saturated rings. The van der Waals surface area contributed by atoms with Gasteiger partial charge in [0.1, 0.15) is 34.9 Å². The van der Waals surface area contributed by atoms with Gasteiger partial charge in [-0.3, -0.25) is 43.2 Å². The summed E-state index contributed by atoms with van der Waals surface area (Å²) in [6.07, 6.45) is -6.89. The fraction of sp³-hybridized carbons (Fsp3) is 0.591. The van der Waals surface area contributed by atoms with Gasteiger partial charge >= 0.3 is 35.9 Å². The highest BCUT2D eigenvalue weighted by atomic mass is 16.6. The zero-order chi connectivity index (χ0) is 50.4. The van der Waals surface area contributed by atoms with Crippen molar-refractivity contribution in [3.8, 4) is 0 Å². The first-order valence-electron chi connectivity index (χ1n) is 21.0. The number of esters is 2. The molecule has 4 amide bonds. The number of Topliss-reactive ketones (excluding diaryl/α,β-unsaturated/α-hetero) is 3. The number of carboxylic acids is 3.